The summed E-state index contributed by atoms with van der Waals surface area (Å²) in [6.45, 7) is 13.6. The zero-order chi connectivity index (χ0) is 24.3. The maximum absolute atomic E-state index is 13.6. The summed E-state index contributed by atoms with van der Waals surface area (Å²) in [4.78, 5) is 30.1. The molecule has 33 heavy (non-hydrogen) atoms. The molecule has 2 aromatic carbocycles. The summed E-state index contributed by atoms with van der Waals surface area (Å²) in [6, 6.07) is 11.0. The number of amides is 1. The lowest BCUT2D eigenvalue weighted by Crippen LogP contribution is -2.34. The van der Waals surface area contributed by atoms with Crippen LogP contribution in [0.5, 0.6) is 5.88 Å². The van der Waals surface area contributed by atoms with Crippen molar-refractivity contribution in [1.82, 2.24) is 10.3 Å². The molecule has 0 spiro atoms. The summed E-state index contributed by atoms with van der Waals surface area (Å²) in [5.74, 6) is 0.469. The van der Waals surface area contributed by atoms with Gasteiger partial charge in [0.1, 0.15) is 5.60 Å². The number of nitrogens with one attached hydrogen (secondary N) is 1. The van der Waals surface area contributed by atoms with Gasteiger partial charge >= 0.3 is 6.09 Å². The number of ether oxygens (including phenoxy) is 2. The van der Waals surface area contributed by atoms with Gasteiger partial charge in [0.15, 0.2) is 5.78 Å². The van der Waals surface area contributed by atoms with Crippen LogP contribution < -0.4 is 10.1 Å². The van der Waals surface area contributed by atoms with Gasteiger partial charge in [0.25, 0.3) is 0 Å². The number of ketones is 1. The molecule has 1 aromatic heterocycles. The number of fused-ring (bicyclic) bond motifs is 1. The van der Waals surface area contributed by atoms with E-state index in [0.717, 1.165) is 27.5 Å². The molecule has 1 N–H and O–H groups in total. The minimum atomic E-state index is -0.565. The highest BCUT2D eigenvalue weighted by Crippen LogP contribution is 2.31. The molecule has 6 nitrogen and oxygen atoms in total. The van der Waals surface area contributed by atoms with Crippen LogP contribution in [0, 0.1) is 13.8 Å². The van der Waals surface area contributed by atoms with E-state index in [1.807, 2.05) is 84.9 Å². The number of nitrogens with zero attached hydrogens (tertiary/aromatic N) is 1. The summed E-state index contributed by atoms with van der Waals surface area (Å²) < 4.78 is 11.0. The Balaban J connectivity index is 1.92. The van der Waals surface area contributed by atoms with Crippen LogP contribution in [0.4, 0.5) is 4.79 Å². The van der Waals surface area contributed by atoms with Crippen LogP contribution in [-0.2, 0) is 4.74 Å². The molecule has 0 radical (unpaired) electrons. The van der Waals surface area contributed by atoms with Gasteiger partial charge in [-0.1, -0.05) is 30.3 Å². The molecule has 0 aliphatic heterocycles. The second-order valence-electron chi connectivity index (χ2n) is 9.18. The van der Waals surface area contributed by atoms with Gasteiger partial charge in [-0.3, -0.25) is 4.79 Å². The molecule has 0 aliphatic rings. The highest BCUT2D eigenvalue weighted by molar-refractivity contribution is 6.18. The zero-order valence-electron chi connectivity index (χ0n) is 20.4. The fourth-order valence-electron chi connectivity index (χ4n) is 3.81. The zero-order valence-corrected chi connectivity index (χ0v) is 20.4. The third-order valence-electron chi connectivity index (χ3n) is 5.32. The van der Waals surface area contributed by atoms with E-state index in [1.165, 1.54) is 0 Å². The third kappa shape index (κ3) is 5.51. The summed E-state index contributed by atoms with van der Waals surface area (Å²) in [7, 11) is 0. The van der Waals surface area contributed by atoms with Crippen molar-refractivity contribution in [2.24, 2.45) is 0 Å². The number of aryl methyl sites for hydroxylation is 2. The van der Waals surface area contributed by atoms with E-state index in [4.69, 9.17) is 9.47 Å². The van der Waals surface area contributed by atoms with Gasteiger partial charge in [0.2, 0.25) is 5.88 Å². The van der Waals surface area contributed by atoms with Crippen LogP contribution in [0.2, 0.25) is 0 Å². The van der Waals surface area contributed by atoms with Crippen molar-refractivity contribution in [2.75, 3.05) is 6.61 Å². The normalized spacial score (nSPS) is 12.3. The number of pyridine rings is 1. The molecule has 0 bridgehead atoms. The van der Waals surface area contributed by atoms with Gasteiger partial charge in [-0.25, -0.2) is 9.78 Å². The average Bonchev–Trinajstić information content (AvgIpc) is 2.73. The number of carbonyl (C=O) groups is 2. The molecule has 174 valence electrons. The second kappa shape index (κ2) is 9.61. The molecule has 6 heteroatoms. The van der Waals surface area contributed by atoms with Crippen molar-refractivity contribution in [2.45, 2.75) is 60.1 Å². The lowest BCUT2D eigenvalue weighted by molar-refractivity contribution is 0.0507. The molecule has 3 aromatic rings. The van der Waals surface area contributed by atoms with Crippen molar-refractivity contribution in [3.05, 3.63) is 70.4 Å². The van der Waals surface area contributed by atoms with Gasteiger partial charge in [-0.05, 0) is 71.2 Å². The topological polar surface area (TPSA) is 77.5 Å². The summed E-state index contributed by atoms with van der Waals surface area (Å²) >= 11 is 0. The van der Waals surface area contributed by atoms with Crippen molar-refractivity contribution >= 4 is 22.6 Å². The van der Waals surface area contributed by atoms with E-state index >= 15 is 0 Å². The second-order valence-corrected chi connectivity index (χ2v) is 9.18. The van der Waals surface area contributed by atoms with Crippen LogP contribution in [0.15, 0.2) is 42.6 Å². The number of hydrogen-bond acceptors (Lipinski definition) is 5. The molecule has 1 heterocycles. The predicted octanol–water partition coefficient (Wildman–Crippen LogP) is 6.07. The fraction of sp³-hybridized carbons (Fsp3) is 0.370. The van der Waals surface area contributed by atoms with Gasteiger partial charge in [-0.2, -0.15) is 0 Å². The van der Waals surface area contributed by atoms with E-state index in [2.05, 4.69) is 10.3 Å². The Morgan fingerprint density at radius 1 is 1.06 bits per heavy atom. The van der Waals surface area contributed by atoms with E-state index < -0.39 is 11.7 Å². The Morgan fingerprint density at radius 3 is 2.42 bits per heavy atom. The molecule has 1 atom stereocenters. The Kier molecular flexibility index (Phi) is 7.06. The molecule has 3 rings (SSSR count). The van der Waals surface area contributed by atoms with E-state index in [9.17, 15) is 9.59 Å². The predicted molar refractivity (Wildman–Crippen MR) is 130 cm³/mol. The van der Waals surface area contributed by atoms with Crippen molar-refractivity contribution < 1.29 is 19.1 Å². The minimum absolute atomic E-state index is 0.0610. The largest absolute Gasteiger partial charge is 0.478 e. The molecule has 0 saturated heterocycles. The van der Waals surface area contributed by atoms with Crippen LogP contribution in [0.1, 0.15) is 73.3 Å². The van der Waals surface area contributed by atoms with E-state index in [1.54, 1.807) is 6.20 Å². The van der Waals surface area contributed by atoms with Crippen LogP contribution in [0.25, 0.3) is 10.8 Å². The maximum atomic E-state index is 13.6. The SMILES string of the molecule is CCOc1ncc(C)c2c(C(=O)c3ccc([C@H](C)NC(=O)OC(C)(C)C)cc3C)cccc12. The first-order chi connectivity index (χ1) is 15.5. The number of hydrogen-bond donors (Lipinski definition) is 1. The lowest BCUT2D eigenvalue weighted by atomic mass is 9.92. The third-order valence-corrected chi connectivity index (χ3v) is 5.32. The van der Waals surface area contributed by atoms with Gasteiger partial charge < -0.3 is 14.8 Å². The molecule has 0 aliphatic carbocycles. The van der Waals surface area contributed by atoms with Crippen molar-refractivity contribution in [3.8, 4) is 5.88 Å². The van der Waals surface area contributed by atoms with Crippen molar-refractivity contribution in [3.63, 3.8) is 0 Å². The Labute approximate surface area is 195 Å². The number of alkyl carbamates (subject to hydrolysis) is 1. The number of aromatic nitrogens is 1. The highest BCUT2D eigenvalue weighted by Gasteiger charge is 2.21. The molecule has 0 fully saturated rings. The Hall–Kier alpha value is -3.41. The maximum Gasteiger partial charge on any atom is 0.408 e. The monoisotopic (exact) mass is 448 g/mol. The van der Waals surface area contributed by atoms with Gasteiger partial charge in [0.05, 0.1) is 12.6 Å². The minimum Gasteiger partial charge on any atom is -0.478 e. The van der Waals surface area contributed by atoms with E-state index in [-0.39, 0.29) is 11.8 Å². The van der Waals surface area contributed by atoms with Crippen molar-refractivity contribution in [1.29, 1.82) is 0 Å². The summed E-state index contributed by atoms with van der Waals surface area (Å²) in [5, 5.41) is 4.52. The molecular formula is C27H32N2O4. The summed E-state index contributed by atoms with van der Waals surface area (Å²) in [5.41, 5.74) is 3.32. The first-order valence-corrected chi connectivity index (χ1v) is 11.2. The van der Waals surface area contributed by atoms with Crippen LogP contribution in [-0.4, -0.2) is 29.1 Å². The molecule has 0 saturated carbocycles. The van der Waals surface area contributed by atoms with Crippen LogP contribution in [0.3, 0.4) is 0 Å². The summed E-state index contributed by atoms with van der Waals surface area (Å²) in [6.07, 6.45) is 1.27. The van der Waals surface area contributed by atoms with Gasteiger partial charge in [-0.15, -0.1) is 0 Å². The standard InChI is InChI=1S/C27H32N2O4/c1-8-32-25-22-11-9-10-21(23(22)17(3)15-28-25)24(30)20-13-12-19(14-16(20)2)18(4)29-26(31)33-27(5,6)7/h9-15,18H,8H2,1-7H3,(H,29,31)/t18-/m0/s1. The smallest absolute Gasteiger partial charge is 0.408 e. The lowest BCUT2D eigenvalue weighted by Gasteiger charge is -2.22. The first-order valence-electron chi connectivity index (χ1n) is 11.2. The van der Waals surface area contributed by atoms with Crippen LogP contribution >= 0.6 is 0 Å². The molecular weight excluding hydrogens is 416 g/mol. The Morgan fingerprint density at radius 2 is 1.79 bits per heavy atom. The number of carbonyl (C=O) groups excluding carboxylic acids is 2. The Bertz CT molecular complexity index is 1190. The molecule has 1 amide bonds. The number of rotatable bonds is 6. The van der Waals surface area contributed by atoms with E-state index in [0.29, 0.717) is 23.6 Å². The quantitative estimate of drug-likeness (QED) is 0.463. The first kappa shape index (κ1) is 24.2. The fourth-order valence-corrected chi connectivity index (χ4v) is 3.81. The highest BCUT2D eigenvalue weighted by atomic mass is 16.6. The number of benzene rings is 2. The van der Waals surface area contributed by atoms with Gasteiger partial charge in [0, 0.05) is 28.1 Å². The molecule has 0 unspecified atom stereocenters. The average molecular weight is 449 g/mol.